The van der Waals surface area contributed by atoms with Crippen molar-refractivity contribution in [3.63, 3.8) is 0 Å². The lowest BCUT2D eigenvalue weighted by Gasteiger charge is -2.16. The number of aromatic nitrogens is 3. The summed E-state index contributed by atoms with van der Waals surface area (Å²) in [5.41, 5.74) is 2.80. The van der Waals surface area contributed by atoms with Gasteiger partial charge in [0.25, 0.3) is 5.91 Å². The molecular formula is C16H21N5O2. The highest BCUT2D eigenvalue weighted by molar-refractivity contribution is 5.95. The lowest BCUT2D eigenvalue weighted by Crippen LogP contribution is -2.26. The SMILES string of the molecule is Cc1cc(CNC(=O)c2c(C)noc2C)nc(N2CCCC2)n1. The van der Waals surface area contributed by atoms with E-state index in [1.165, 1.54) is 12.8 Å². The monoisotopic (exact) mass is 315 g/mol. The van der Waals surface area contributed by atoms with Crippen LogP contribution in [0.2, 0.25) is 0 Å². The fourth-order valence-electron chi connectivity index (χ4n) is 2.83. The van der Waals surface area contributed by atoms with Crippen LogP contribution < -0.4 is 10.2 Å². The molecule has 2 aromatic rings. The predicted molar refractivity (Wildman–Crippen MR) is 85.4 cm³/mol. The molecular weight excluding hydrogens is 294 g/mol. The Bertz CT molecular complexity index is 700. The molecule has 0 bridgehead atoms. The number of aryl methyl sites for hydroxylation is 3. The van der Waals surface area contributed by atoms with Crippen LogP contribution in [0, 0.1) is 20.8 Å². The lowest BCUT2D eigenvalue weighted by atomic mass is 10.2. The number of hydrogen-bond donors (Lipinski definition) is 1. The Kier molecular flexibility index (Phi) is 4.27. The van der Waals surface area contributed by atoms with Gasteiger partial charge in [0.05, 0.1) is 17.9 Å². The van der Waals surface area contributed by atoms with Gasteiger partial charge in [0.2, 0.25) is 5.95 Å². The number of hydrogen-bond acceptors (Lipinski definition) is 6. The van der Waals surface area contributed by atoms with E-state index in [2.05, 4.69) is 25.3 Å². The molecule has 1 fully saturated rings. The molecule has 1 aliphatic rings. The maximum atomic E-state index is 12.3. The molecule has 1 N–H and O–H groups in total. The molecule has 7 nitrogen and oxygen atoms in total. The van der Waals surface area contributed by atoms with Crippen molar-refractivity contribution in [3.05, 3.63) is 34.5 Å². The number of nitrogens with zero attached hydrogens (tertiary/aromatic N) is 4. The minimum absolute atomic E-state index is 0.194. The molecule has 0 atom stereocenters. The predicted octanol–water partition coefficient (Wildman–Crippen LogP) is 1.92. The third-order valence-corrected chi connectivity index (χ3v) is 3.97. The van der Waals surface area contributed by atoms with Gasteiger partial charge in [-0.15, -0.1) is 0 Å². The van der Waals surface area contributed by atoms with Crippen molar-refractivity contribution >= 4 is 11.9 Å². The van der Waals surface area contributed by atoms with Gasteiger partial charge < -0.3 is 14.7 Å². The molecule has 0 unspecified atom stereocenters. The first-order valence-electron chi connectivity index (χ1n) is 7.85. The molecule has 0 saturated carbocycles. The number of rotatable bonds is 4. The highest BCUT2D eigenvalue weighted by Gasteiger charge is 2.18. The molecule has 3 rings (SSSR count). The van der Waals surface area contributed by atoms with Gasteiger partial charge >= 0.3 is 0 Å². The molecule has 1 aliphatic heterocycles. The van der Waals surface area contributed by atoms with Gasteiger partial charge in [0, 0.05) is 18.8 Å². The summed E-state index contributed by atoms with van der Waals surface area (Å²) in [4.78, 5) is 23.5. The molecule has 0 aliphatic carbocycles. The Balaban J connectivity index is 1.71. The fourth-order valence-corrected chi connectivity index (χ4v) is 2.83. The largest absolute Gasteiger partial charge is 0.361 e. The van der Waals surface area contributed by atoms with Gasteiger partial charge in [-0.05, 0) is 39.7 Å². The Morgan fingerprint density at radius 2 is 2.00 bits per heavy atom. The number of nitrogens with one attached hydrogen (secondary N) is 1. The van der Waals surface area contributed by atoms with Crippen LogP contribution in [0.15, 0.2) is 10.6 Å². The van der Waals surface area contributed by atoms with Crippen molar-refractivity contribution in [1.29, 1.82) is 0 Å². The van der Waals surface area contributed by atoms with Crippen molar-refractivity contribution in [2.24, 2.45) is 0 Å². The summed E-state index contributed by atoms with van der Waals surface area (Å²) in [6.45, 7) is 7.78. The number of carbonyl (C=O) groups excluding carboxylic acids is 1. The van der Waals surface area contributed by atoms with Crippen LogP contribution in [0.5, 0.6) is 0 Å². The van der Waals surface area contributed by atoms with E-state index in [0.717, 1.165) is 30.4 Å². The lowest BCUT2D eigenvalue weighted by molar-refractivity contribution is 0.0948. The van der Waals surface area contributed by atoms with Gasteiger partial charge in [-0.1, -0.05) is 5.16 Å². The summed E-state index contributed by atoms with van der Waals surface area (Å²) in [5, 5.41) is 6.68. The van der Waals surface area contributed by atoms with Crippen LogP contribution in [-0.4, -0.2) is 34.1 Å². The maximum absolute atomic E-state index is 12.3. The summed E-state index contributed by atoms with van der Waals surface area (Å²) >= 11 is 0. The van der Waals surface area contributed by atoms with Crippen molar-refractivity contribution < 1.29 is 9.32 Å². The summed E-state index contributed by atoms with van der Waals surface area (Å²) < 4.78 is 5.03. The third-order valence-electron chi connectivity index (χ3n) is 3.97. The van der Waals surface area contributed by atoms with E-state index in [1.54, 1.807) is 13.8 Å². The zero-order valence-electron chi connectivity index (χ0n) is 13.7. The van der Waals surface area contributed by atoms with E-state index in [0.29, 0.717) is 23.6 Å². The van der Waals surface area contributed by atoms with Crippen molar-refractivity contribution in [2.45, 2.75) is 40.2 Å². The molecule has 23 heavy (non-hydrogen) atoms. The van der Waals surface area contributed by atoms with E-state index < -0.39 is 0 Å². The first kappa shape index (κ1) is 15.5. The van der Waals surface area contributed by atoms with Crippen molar-refractivity contribution in [3.8, 4) is 0 Å². The number of amides is 1. The average Bonchev–Trinajstić information content (AvgIpc) is 3.15. The normalized spacial score (nSPS) is 14.3. The Labute approximate surface area is 135 Å². The Hall–Kier alpha value is -2.44. The summed E-state index contributed by atoms with van der Waals surface area (Å²) in [6.07, 6.45) is 2.35. The van der Waals surface area contributed by atoms with Gasteiger partial charge in [0.1, 0.15) is 11.3 Å². The van der Waals surface area contributed by atoms with Gasteiger partial charge in [-0.2, -0.15) is 0 Å². The van der Waals surface area contributed by atoms with E-state index in [4.69, 9.17) is 4.52 Å². The minimum Gasteiger partial charge on any atom is -0.361 e. The average molecular weight is 315 g/mol. The standard InChI is InChI=1S/C16H21N5O2/c1-10-8-13(19-16(18-10)21-6-4-5-7-21)9-17-15(22)14-11(2)20-23-12(14)3/h8H,4-7,9H2,1-3H3,(H,17,22). The molecule has 2 aromatic heterocycles. The number of anilines is 1. The number of carbonyl (C=O) groups is 1. The third kappa shape index (κ3) is 3.33. The second kappa shape index (κ2) is 6.36. The second-order valence-electron chi connectivity index (χ2n) is 5.88. The van der Waals surface area contributed by atoms with Crippen LogP contribution in [0.1, 0.15) is 46.0 Å². The quantitative estimate of drug-likeness (QED) is 0.928. The van der Waals surface area contributed by atoms with Gasteiger partial charge in [-0.3, -0.25) is 4.79 Å². The van der Waals surface area contributed by atoms with Crippen LogP contribution in [0.3, 0.4) is 0 Å². The van der Waals surface area contributed by atoms with Gasteiger partial charge in [-0.25, -0.2) is 9.97 Å². The molecule has 7 heteroatoms. The van der Waals surface area contributed by atoms with Crippen LogP contribution in [-0.2, 0) is 6.54 Å². The van der Waals surface area contributed by atoms with E-state index >= 15 is 0 Å². The zero-order chi connectivity index (χ0) is 16.4. The van der Waals surface area contributed by atoms with Crippen LogP contribution in [0.25, 0.3) is 0 Å². The summed E-state index contributed by atoms with van der Waals surface area (Å²) in [7, 11) is 0. The second-order valence-corrected chi connectivity index (χ2v) is 5.88. The molecule has 122 valence electrons. The minimum atomic E-state index is -0.194. The molecule has 1 amide bonds. The summed E-state index contributed by atoms with van der Waals surface area (Å²) in [5.74, 6) is 1.08. The molecule has 1 saturated heterocycles. The molecule has 0 spiro atoms. The van der Waals surface area contributed by atoms with Crippen LogP contribution >= 0.6 is 0 Å². The highest BCUT2D eigenvalue weighted by Crippen LogP contribution is 2.17. The van der Waals surface area contributed by atoms with E-state index in [1.807, 2.05) is 13.0 Å². The van der Waals surface area contributed by atoms with Gasteiger partial charge in [0.15, 0.2) is 0 Å². The van der Waals surface area contributed by atoms with Crippen molar-refractivity contribution in [1.82, 2.24) is 20.4 Å². The Morgan fingerprint density at radius 3 is 2.65 bits per heavy atom. The van der Waals surface area contributed by atoms with Crippen molar-refractivity contribution in [2.75, 3.05) is 18.0 Å². The highest BCUT2D eigenvalue weighted by atomic mass is 16.5. The molecule has 0 aromatic carbocycles. The van der Waals surface area contributed by atoms with Crippen LogP contribution in [0.4, 0.5) is 5.95 Å². The first-order valence-corrected chi connectivity index (χ1v) is 7.85. The zero-order valence-corrected chi connectivity index (χ0v) is 13.7. The van der Waals surface area contributed by atoms with E-state index in [9.17, 15) is 4.79 Å². The fraction of sp³-hybridized carbons (Fsp3) is 0.500. The molecule has 3 heterocycles. The topological polar surface area (TPSA) is 84.2 Å². The molecule has 0 radical (unpaired) electrons. The van der Waals surface area contributed by atoms with E-state index in [-0.39, 0.29) is 5.91 Å². The Morgan fingerprint density at radius 1 is 1.26 bits per heavy atom. The first-order chi connectivity index (χ1) is 11.0. The maximum Gasteiger partial charge on any atom is 0.257 e. The summed E-state index contributed by atoms with van der Waals surface area (Å²) in [6, 6.07) is 1.90. The smallest absolute Gasteiger partial charge is 0.257 e.